The summed E-state index contributed by atoms with van der Waals surface area (Å²) in [6.07, 6.45) is 2.14. The van der Waals surface area contributed by atoms with Gasteiger partial charge in [-0.3, -0.25) is 5.10 Å². The van der Waals surface area contributed by atoms with Crippen LogP contribution in [0.1, 0.15) is 6.42 Å². The first-order valence-electron chi connectivity index (χ1n) is 3.88. The lowest BCUT2D eigenvalue weighted by Gasteiger charge is -2.01. The van der Waals surface area contributed by atoms with Gasteiger partial charge in [0.2, 0.25) is 0 Å². The standard InChI is InChI=1S/C6H9N3O2S2/c10-13(11)2-1-5(3-13)12-6-7-4-8-9-6/h4-5H,1-3H2,(H,7,8,9). The molecule has 1 aliphatic heterocycles. The van der Waals surface area contributed by atoms with E-state index in [1.54, 1.807) is 0 Å². The van der Waals surface area contributed by atoms with E-state index in [-0.39, 0.29) is 11.0 Å². The van der Waals surface area contributed by atoms with Gasteiger partial charge < -0.3 is 0 Å². The molecule has 2 rings (SSSR count). The van der Waals surface area contributed by atoms with Crippen LogP contribution in [0.3, 0.4) is 0 Å². The van der Waals surface area contributed by atoms with Gasteiger partial charge in [0.1, 0.15) is 6.33 Å². The Morgan fingerprint density at radius 1 is 1.62 bits per heavy atom. The van der Waals surface area contributed by atoms with E-state index < -0.39 is 9.84 Å². The van der Waals surface area contributed by atoms with Crippen LogP contribution in [0, 0.1) is 0 Å². The molecule has 1 atom stereocenters. The van der Waals surface area contributed by atoms with Gasteiger partial charge in [-0.2, -0.15) is 5.10 Å². The van der Waals surface area contributed by atoms with Crippen molar-refractivity contribution < 1.29 is 8.42 Å². The van der Waals surface area contributed by atoms with Crippen LogP contribution >= 0.6 is 11.8 Å². The van der Waals surface area contributed by atoms with E-state index in [9.17, 15) is 8.42 Å². The van der Waals surface area contributed by atoms with Crippen LogP contribution in [0.5, 0.6) is 0 Å². The quantitative estimate of drug-likeness (QED) is 0.762. The lowest BCUT2D eigenvalue weighted by atomic mass is 10.4. The number of thioether (sulfide) groups is 1. The second kappa shape index (κ2) is 3.30. The lowest BCUT2D eigenvalue weighted by Crippen LogP contribution is -2.06. The van der Waals surface area contributed by atoms with Crippen molar-refractivity contribution in [1.29, 1.82) is 0 Å². The fraction of sp³-hybridized carbons (Fsp3) is 0.667. The van der Waals surface area contributed by atoms with Crippen LogP contribution in [-0.2, 0) is 9.84 Å². The molecule has 1 unspecified atom stereocenters. The molecule has 5 nitrogen and oxygen atoms in total. The third kappa shape index (κ3) is 2.22. The van der Waals surface area contributed by atoms with Crippen molar-refractivity contribution >= 4 is 21.6 Å². The predicted molar refractivity (Wildman–Crippen MR) is 49.3 cm³/mol. The molecule has 1 aromatic heterocycles. The second-order valence-electron chi connectivity index (χ2n) is 2.93. The van der Waals surface area contributed by atoms with Gasteiger partial charge in [-0.25, -0.2) is 13.4 Å². The number of nitrogens with one attached hydrogen (secondary N) is 1. The molecule has 0 bridgehead atoms. The van der Waals surface area contributed by atoms with E-state index in [0.717, 1.165) is 0 Å². The van der Waals surface area contributed by atoms with Crippen molar-refractivity contribution in [3.8, 4) is 0 Å². The number of sulfone groups is 1. The molecule has 1 saturated heterocycles. The first kappa shape index (κ1) is 9.01. The van der Waals surface area contributed by atoms with Crippen LogP contribution in [0.25, 0.3) is 0 Å². The van der Waals surface area contributed by atoms with Gasteiger partial charge in [0.15, 0.2) is 15.0 Å². The van der Waals surface area contributed by atoms with Crippen LogP contribution in [0.15, 0.2) is 11.5 Å². The van der Waals surface area contributed by atoms with Crippen molar-refractivity contribution in [3.63, 3.8) is 0 Å². The fourth-order valence-electron chi connectivity index (χ4n) is 1.26. The van der Waals surface area contributed by atoms with Crippen molar-refractivity contribution in [2.75, 3.05) is 11.5 Å². The molecule has 72 valence electrons. The van der Waals surface area contributed by atoms with Gasteiger partial charge >= 0.3 is 0 Å². The van der Waals surface area contributed by atoms with E-state index in [0.29, 0.717) is 17.3 Å². The van der Waals surface area contributed by atoms with Gasteiger partial charge in [0.05, 0.1) is 11.5 Å². The van der Waals surface area contributed by atoms with Gasteiger partial charge in [-0.05, 0) is 6.42 Å². The Kier molecular flexibility index (Phi) is 2.29. The summed E-state index contributed by atoms with van der Waals surface area (Å²) < 4.78 is 22.2. The summed E-state index contributed by atoms with van der Waals surface area (Å²) in [5.41, 5.74) is 0. The smallest absolute Gasteiger partial charge is 0.183 e. The summed E-state index contributed by atoms with van der Waals surface area (Å²) >= 11 is 1.45. The van der Waals surface area contributed by atoms with Crippen molar-refractivity contribution in [2.24, 2.45) is 0 Å². The number of aromatic amines is 1. The zero-order valence-electron chi connectivity index (χ0n) is 6.80. The normalized spacial score (nSPS) is 26.3. The van der Waals surface area contributed by atoms with Crippen LogP contribution in [0.2, 0.25) is 0 Å². The Morgan fingerprint density at radius 2 is 2.46 bits per heavy atom. The van der Waals surface area contributed by atoms with Crippen LogP contribution in [-0.4, -0.2) is 40.4 Å². The molecular formula is C6H9N3O2S2. The average molecular weight is 219 g/mol. The molecule has 1 N–H and O–H groups in total. The molecule has 2 heterocycles. The zero-order chi connectivity index (χ0) is 9.31. The summed E-state index contributed by atoms with van der Waals surface area (Å²) in [6.45, 7) is 0. The Balaban J connectivity index is 1.99. The summed E-state index contributed by atoms with van der Waals surface area (Å²) in [6, 6.07) is 0. The number of H-pyrrole nitrogens is 1. The van der Waals surface area contributed by atoms with E-state index in [1.165, 1.54) is 18.1 Å². The van der Waals surface area contributed by atoms with Gasteiger partial charge in [-0.15, -0.1) is 0 Å². The molecule has 0 spiro atoms. The Hall–Kier alpha value is -0.560. The summed E-state index contributed by atoms with van der Waals surface area (Å²) in [5.74, 6) is 0.567. The Labute approximate surface area is 80.3 Å². The predicted octanol–water partition coefficient (Wildman–Crippen LogP) is 0.0839. The number of aromatic nitrogens is 3. The largest absolute Gasteiger partial charge is 0.254 e. The maximum Gasteiger partial charge on any atom is 0.183 e. The minimum Gasteiger partial charge on any atom is -0.254 e. The van der Waals surface area contributed by atoms with Crippen molar-refractivity contribution in [1.82, 2.24) is 15.2 Å². The monoisotopic (exact) mass is 219 g/mol. The Morgan fingerprint density at radius 3 is 3.00 bits per heavy atom. The lowest BCUT2D eigenvalue weighted by molar-refractivity contribution is 0.602. The number of rotatable bonds is 2. The van der Waals surface area contributed by atoms with Gasteiger partial charge in [0, 0.05) is 5.25 Å². The molecule has 1 aliphatic rings. The van der Waals surface area contributed by atoms with E-state index in [4.69, 9.17) is 0 Å². The SMILES string of the molecule is O=S1(=O)CCC(Sc2ncn[nH]2)C1. The van der Waals surface area contributed by atoms with E-state index >= 15 is 0 Å². The minimum atomic E-state index is -2.78. The highest BCUT2D eigenvalue weighted by molar-refractivity contribution is 8.01. The molecule has 1 fully saturated rings. The van der Waals surface area contributed by atoms with E-state index in [2.05, 4.69) is 15.2 Å². The van der Waals surface area contributed by atoms with Crippen molar-refractivity contribution in [3.05, 3.63) is 6.33 Å². The first-order valence-corrected chi connectivity index (χ1v) is 6.58. The van der Waals surface area contributed by atoms with Gasteiger partial charge in [0.25, 0.3) is 0 Å². The van der Waals surface area contributed by atoms with E-state index in [1.807, 2.05) is 0 Å². The van der Waals surface area contributed by atoms with Crippen LogP contribution < -0.4 is 0 Å². The molecule has 13 heavy (non-hydrogen) atoms. The first-order chi connectivity index (χ1) is 6.16. The topological polar surface area (TPSA) is 75.7 Å². The third-order valence-electron chi connectivity index (χ3n) is 1.86. The number of nitrogens with zero attached hydrogens (tertiary/aromatic N) is 2. The fourth-order valence-corrected chi connectivity index (χ4v) is 4.61. The highest BCUT2D eigenvalue weighted by Crippen LogP contribution is 2.27. The minimum absolute atomic E-state index is 0.137. The molecule has 0 aromatic carbocycles. The van der Waals surface area contributed by atoms with Gasteiger partial charge in [-0.1, -0.05) is 11.8 Å². The molecule has 7 heteroatoms. The van der Waals surface area contributed by atoms with Crippen LogP contribution in [0.4, 0.5) is 0 Å². The second-order valence-corrected chi connectivity index (χ2v) is 6.45. The molecule has 0 aliphatic carbocycles. The average Bonchev–Trinajstić information content (AvgIpc) is 2.61. The molecule has 0 saturated carbocycles. The number of hydrogen-bond donors (Lipinski definition) is 1. The Bertz CT molecular complexity index is 373. The summed E-state index contributed by atoms with van der Waals surface area (Å²) in [7, 11) is -2.78. The molecular weight excluding hydrogens is 210 g/mol. The summed E-state index contributed by atoms with van der Waals surface area (Å²) in [5, 5.41) is 7.23. The number of hydrogen-bond acceptors (Lipinski definition) is 5. The third-order valence-corrected chi connectivity index (χ3v) is 5.00. The highest BCUT2D eigenvalue weighted by atomic mass is 32.2. The zero-order valence-corrected chi connectivity index (χ0v) is 8.44. The summed E-state index contributed by atoms with van der Waals surface area (Å²) in [4.78, 5) is 3.93. The maximum absolute atomic E-state index is 11.1. The van der Waals surface area contributed by atoms with Crippen molar-refractivity contribution in [2.45, 2.75) is 16.8 Å². The maximum atomic E-state index is 11.1. The molecule has 0 radical (unpaired) electrons. The molecule has 1 aromatic rings. The highest BCUT2D eigenvalue weighted by Gasteiger charge is 2.29. The molecule has 0 amide bonds.